The zero-order valence-electron chi connectivity index (χ0n) is 15.7. The first-order valence-electron chi connectivity index (χ1n) is 8.74. The fourth-order valence-electron chi connectivity index (χ4n) is 2.24. The second kappa shape index (κ2) is 11.6. The number of allylic oxidation sites excluding steroid dienone is 4. The van der Waals surface area contributed by atoms with Crippen LogP contribution in [0, 0.1) is 0 Å². The lowest BCUT2D eigenvalue weighted by Crippen LogP contribution is -2.08. The number of Topliss-reactive ketones (excluding diaryl/α,β-unsaturated/α-hetero) is 2. The van der Waals surface area contributed by atoms with Crippen LogP contribution in [0.2, 0.25) is 0 Å². The van der Waals surface area contributed by atoms with Crippen LogP contribution in [0.5, 0.6) is 5.75 Å². The topological polar surface area (TPSA) is 43.4 Å². The molecule has 1 aliphatic carbocycles. The molecule has 0 aliphatic heterocycles. The summed E-state index contributed by atoms with van der Waals surface area (Å²) >= 11 is 3.30. The number of hydrogen-bond donors (Lipinski definition) is 0. The van der Waals surface area contributed by atoms with Gasteiger partial charge in [0.05, 0.1) is 5.56 Å². The molecule has 0 amide bonds. The van der Waals surface area contributed by atoms with Crippen LogP contribution in [0.15, 0.2) is 58.1 Å². The number of benzene rings is 1. The Morgan fingerprint density at radius 2 is 1.85 bits per heavy atom. The van der Waals surface area contributed by atoms with Crippen molar-refractivity contribution in [2.24, 2.45) is 0 Å². The molecule has 0 atom stereocenters. The number of rotatable bonds is 7. The summed E-state index contributed by atoms with van der Waals surface area (Å²) in [5, 5.41) is 0. The molecule has 2 rings (SSSR count). The Morgan fingerprint density at radius 1 is 1.15 bits per heavy atom. The minimum atomic E-state index is -0.701. The Kier molecular flexibility index (Phi) is 9.86. The van der Waals surface area contributed by atoms with E-state index in [1.165, 1.54) is 19.1 Å². The molecule has 27 heavy (non-hydrogen) atoms. The normalized spacial score (nSPS) is 13.3. The molecule has 0 aromatic heterocycles. The molecule has 0 unspecified atom stereocenters. The monoisotopic (exact) mass is 440 g/mol. The van der Waals surface area contributed by atoms with Crippen molar-refractivity contribution in [3.63, 3.8) is 0 Å². The average molecular weight is 441 g/mol. The Hall–Kier alpha value is -2.08. The molecule has 1 aromatic carbocycles. The lowest BCUT2D eigenvalue weighted by molar-refractivity contribution is -0.116. The standard InChI is InChI=1S/C19H17BrF2O3.C2H6/c1-12(23)5-7-18(24)16-9-14(20)6-8-19(16)25-11-13-3-2-4-15(21)10-17(13)22;1-2/h3-4,6,8-10H,2,5,7,11H2,1H3;1-2H3. The summed E-state index contributed by atoms with van der Waals surface area (Å²) in [5.74, 6) is -1.34. The van der Waals surface area contributed by atoms with Gasteiger partial charge < -0.3 is 9.53 Å². The van der Waals surface area contributed by atoms with Gasteiger partial charge in [0.2, 0.25) is 0 Å². The van der Waals surface area contributed by atoms with Gasteiger partial charge in [-0.1, -0.05) is 35.9 Å². The summed E-state index contributed by atoms with van der Waals surface area (Å²) in [6, 6.07) is 4.90. The van der Waals surface area contributed by atoms with E-state index in [0.717, 1.165) is 6.08 Å². The fourth-order valence-corrected chi connectivity index (χ4v) is 2.60. The molecule has 0 fully saturated rings. The highest BCUT2D eigenvalue weighted by Crippen LogP contribution is 2.27. The number of ketones is 2. The number of hydrogen-bond acceptors (Lipinski definition) is 3. The van der Waals surface area contributed by atoms with E-state index in [4.69, 9.17) is 4.74 Å². The summed E-state index contributed by atoms with van der Waals surface area (Å²) in [6.45, 7) is 5.30. The lowest BCUT2D eigenvalue weighted by Gasteiger charge is -2.12. The maximum absolute atomic E-state index is 13.9. The van der Waals surface area contributed by atoms with Crippen molar-refractivity contribution < 1.29 is 23.1 Å². The number of carbonyl (C=O) groups excluding carboxylic acids is 2. The van der Waals surface area contributed by atoms with Crippen molar-refractivity contribution in [2.75, 3.05) is 6.61 Å². The predicted molar refractivity (Wildman–Crippen MR) is 106 cm³/mol. The molecule has 0 bridgehead atoms. The number of ether oxygens (including phenoxy) is 1. The summed E-state index contributed by atoms with van der Waals surface area (Å²) in [5.41, 5.74) is 0.535. The maximum atomic E-state index is 13.9. The van der Waals surface area contributed by atoms with Gasteiger partial charge in [-0.2, -0.15) is 0 Å². The highest BCUT2D eigenvalue weighted by Gasteiger charge is 2.16. The van der Waals surface area contributed by atoms with E-state index < -0.39 is 11.7 Å². The van der Waals surface area contributed by atoms with E-state index >= 15 is 0 Å². The third kappa shape index (κ3) is 7.59. The first kappa shape index (κ1) is 23.0. The average Bonchev–Trinajstić information content (AvgIpc) is 2.80. The van der Waals surface area contributed by atoms with Crippen LogP contribution in [0.1, 0.15) is 50.4 Å². The molecule has 146 valence electrons. The van der Waals surface area contributed by atoms with Crippen molar-refractivity contribution in [1.82, 2.24) is 0 Å². The van der Waals surface area contributed by atoms with Crippen LogP contribution in [-0.4, -0.2) is 18.2 Å². The van der Waals surface area contributed by atoms with E-state index in [0.29, 0.717) is 15.8 Å². The van der Waals surface area contributed by atoms with Crippen molar-refractivity contribution in [1.29, 1.82) is 0 Å². The minimum Gasteiger partial charge on any atom is -0.488 e. The minimum absolute atomic E-state index is 0.0730. The largest absolute Gasteiger partial charge is 0.488 e. The van der Waals surface area contributed by atoms with Gasteiger partial charge in [0.15, 0.2) is 5.78 Å². The maximum Gasteiger partial charge on any atom is 0.167 e. The molecule has 3 nitrogen and oxygen atoms in total. The quantitative estimate of drug-likeness (QED) is 0.457. The van der Waals surface area contributed by atoms with Gasteiger partial charge in [0, 0.05) is 29.0 Å². The van der Waals surface area contributed by atoms with E-state index in [1.807, 2.05) is 13.8 Å². The van der Waals surface area contributed by atoms with Crippen LogP contribution >= 0.6 is 15.9 Å². The highest BCUT2D eigenvalue weighted by atomic mass is 79.9. The zero-order chi connectivity index (χ0) is 20.4. The Bertz CT molecular complexity index is 780. The molecule has 0 N–H and O–H groups in total. The van der Waals surface area contributed by atoms with Gasteiger partial charge in [-0.25, -0.2) is 8.78 Å². The Balaban J connectivity index is 0.00000176. The Labute approximate surface area is 166 Å². The van der Waals surface area contributed by atoms with E-state index in [9.17, 15) is 18.4 Å². The van der Waals surface area contributed by atoms with Crippen molar-refractivity contribution in [3.8, 4) is 5.75 Å². The molecule has 0 heterocycles. The summed E-state index contributed by atoms with van der Waals surface area (Å²) < 4.78 is 33.4. The third-order valence-electron chi connectivity index (χ3n) is 3.58. The van der Waals surface area contributed by atoms with Gasteiger partial charge in [0.1, 0.15) is 29.8 Å². The van der Waals surface area contributed by atoms with E-state index in [1.54, 1.807) is 18.2 Å². The van der Waals surface area contributed by atoms with Crippen molar-refractivity contribution in [3.05, 3.63) is 63.7 Å². The highest BCUT2D eigenvalue weighted by molar-refractivity contribution is 9.10. The van der Waals surface area contributed by atoms with Gasteiger partial charge in [-0.05, 0) is 37.6 Å². The lowest BCUT2D eigenvalue weighted by atomic mass is 10.0. The van der Waals surface area contributed by atoms with Crippen LogP contribution in [0.3, 0.4) is 0 Å². The zero-order valence-corrected chi connectivity index (χ0v) is 17.2. The van der Waals surface area contributed by atoms with Crippen molar-refractivity contribution in [2.45, 2.75) is 40.0 Å². The fraction of sp³-hybridized carbons (Fsp3) is 0.333. The smallest absolute Gasteiger partial charge is 0.167 e. The van der Waals surface area contributed by atoms with Gasteiger partial charge in [0.25, 0.3) is 0 Å². The van der Waals surface area contributed by atoms with Crippen LogP contribution in [0.4, 0.5) is 8.78 Å². The number of halogens is 3. The van der Waals surface area contributed by atoms with E-state index in [-0.39, 0.29) is 43.0 Å². The summed E-state index contributed by atoms with van der Waals surface area (Å²) in [7, 11) is 0. The van der Waals surface area contributed by atoms with Crippen LogP contribution in [0.25, 0.3) is 0 Å². The van der Waals surface area contributed by atoms with Crippen molar-refractivity contribution >= 4 is 27.5 Å². The molecule has 0 saturated heterocycles. The molecule has 1 aliphatic rings. The van der Waals surface area contributed by atoms with Crippen LogP contribution in [-0.2, 0) is 4.79 Å². The molecular formula is C21H23BrF2O3. The third-order valence-corrected chi connectivity index (χ3v) is 4.07. The molecule has 1 aromatic rings. The molecule has 0 radical (unpaired) electrons. The first-order valence-corrected chi connectivity index (χ1v) is 9.53. The second-order valence-electron chi connectivity index (χ2n) is 5.60. The van der Waals surface area contributed by atoms with Gasteiger partial charge in [-0.15, -0.1) is 0 Å². The second-order valence-corrected chi connectivity index (χ2v) is 6.52. The van der Waals surface area contributed by atoms with Gasteiger partial charge in [-0.3, -0.25) is 4.79 Å². The van der Waals surface area contributed by atoms with E-state index in [2.05, 4.69) is 15.9 Å². The summed E-state index contributed by atoms with van der Waals surface area (Å²) in [6.07, 6.45) is 4.10. The van der Waals surface area contributed by atoms with Gasteiger partial charge >= 0.3 is 0 Å². The molecule has 0 spiro atoms. The molecular weight excluding hydrogens is 418 g/mol. The molecule has 6 heteroatoms. The summed E-state index contributed by atoms with van der Waals surface area (Å²) in [4.78, 5) is 23.4. The van der Waals surface area contributed by atoms with Crippen LogP contribution < -0.4 is 4.74 Å². The predicted octanol–water partition coefficient (Wildman–Crippen LogP) is 6.44. The SMILES string of the molecule is CC.CC(=O)CCC(=O)c1cc(Br)ccc1OCC1=CCC=C(F)C=C1F. The Morgan fingerprint density at radius 3 is 2.52 bits per heavy atom. The molecule has 0 saturated carbocycles. The first-order chi connectivity index (χ1) is 12.9. The number of carbonyl (C=O) groups is 2.